The summed E-state index contributed by atoms with van der Waals surface area (Å²) in [6, 6.07) is 16.0. The fraction of sp³-hybridized carbons (Fsp3) is 0.231. The fourth-order valence-electron chi connectivity index (χ4n) is 3.97. The molecule has 5 heteroatoms. The summed E-state index contributed by atoms with van der Waals surface area (Å²) < 4.78 is 0. The molecule has 2 N–H and O–H groups in total. The van der Waals surface area contributed by atoms with Gasteiger partial charge in [0.1, 0.15) is 0 Å². The minimum Gasteiger partial charge on any atom is -0.361 e. The minimum absolute atomic E-state index is 0.00443. The summed E-state index contributed by atoms with van der Waals surface area (Å²) in [5, 5.41) is 4.21. The van der Waals surface area contributed by atoms with Crippen molar-refractivity contribution in [1.82, 2.24) is 15.2 Å². The molecule has 1 aromatic heterocycles. The highest BCUT2D eigenvalue weighted by Crippen LogP contribution is 2.29. The van der Waals surface area contributed by atoms with Gasteiger partial charge in [0.2, 0.25) is 5.91 Å². The number of fused-ring (bicyclic) bond motifs is 1. The maximum atomic E-state index is 12.6. The van der Waals surface area contributed by atoms with E-state index in [9.17, 15) is 9.59 Å². The van der Waals surface area contributed by atoms with E-state index in [0.717, 1.165) is 30.3 Å². The summed E-state index contributed by atoms with van der Waals surface area (Å²) in [6.07, 6.45) is 10.6. The third-order valence-corrected chi connectivity index (χ3v) is 5.96. The Hall–Kier alpha value is -3.60. The van der Waals surface area contributed by atoms with E-state index in [-0.39, 0.29) is 11.8 Å². The smallest absolute Gasteiger partial charge is 0.251 e. The summed E-state index contributed by atoms with van der Waals surface area (Å²) in [7, 11) is 0. The summed E-state index contributed by atoms with van der Waals surface area (Å²) >= 11 is 0. The Bertz CT molecular complexity index is 1180. The van der Waals surface area contributed by atoms with Crippen molar-refractivity contribution in [2.45, 2.75) is 25.3 Å². The molecule has 1 saturated carbocycles. The molecule has 1 aliphatic heterocycles. The van der Waals surface area contributed by atoms with E-state index in [1.165, 1.54) is 16.5 Å². The normalized spacial score (nSPS) is 16.5. The molecule has 0 unspecified atom stereocenters. The van der Waals surface area contributed by atoms with Crippen molar-refractivity contribution in [2.24, 2.45) is 0 Å². The van der Waals surface area contributed by atoms with E-state index in [4.69, 9.17) is 0 Å². The molecule has 1 fully saturated rings. The maximum absolute atomic E-state index is 12.6. The van der Waals surface area contributed by atoms with Crippen molar-refractivity contribution in [3.63, 3.8) is 0 Å². The fourth-order valence-corrected chi connectivity index (χ4v) is 3.97. The van der Waals surface area contributed by atoms with Gasteiger partial charge in [0.15, 0.2) is 0 Å². The van der Waals surface area contributed by atoms with Gasteiger partial charge in [-0.15, -0.1) is 0 Å². The minimum atomic E-state index is -0.0276. The number of carbonyl (C=O) groups excluding carboxylic acids is 2. The van der Waals surface area contributed by atoms with Gasteiger partial charge in [-0.3, -0.25) is 9.59 Å². The Labute approximate surface area is 181 Å². The van der Waals surface area contributed by atoms with E-state index >= 15 is 0 Å². The van der Waals surface area contributed by atoms with Gasteiger partial charge < -0.3 is 15.2 Å². The molecule has 0 saturated heterocycles. The number of aromatic amines is 1. The van der Waals surface area contributed by atoms with Gasteiger partial charge in [0.05, 0.1) is 0 Å². The summed E-state index contributed by atoms with van der Waals surface area (Å²) in [4.78, 5) is 29.9. The number of H-pyrrole nitrogens is 1. The first-order valence-electron chi connectivity index (χ1n) is 10.8. The number of nitrogens with one attached hydrogen (secondary N) is 2. The number of para-hydroxylation sites is 1. The molecule has 5 nitrogen and oxygen atoms in total. The lowest BCUT2D eigenvalue weighted by Crippen LogP contribution is -2.33. The number of hydrogen-bond donors (Lipinski definition) is 2. The predicted octanol–water partition coefficient (Wildman–Crippen LogP) is 4.39. The highest BCUT2D eigenvalue weighted by atomic mass is 16.2. The van der Waals surface area contributed by atoms with Crippen LogP contribution < -0.4 is 5.32 Å². The highest BCUT2D eigenvalue weighted by Gasteiger charge is 2.23. The van der Waals surface area contributed by atoms with E-state index in [1.807, 2.05) is 29.2 Å². The van der Waals surface area contributed by atoms with E-state index in [2.05, 4.69) is 40.8 Å². The Balaban J connectivity index is 1.20. The number of benzene rings is 2. The average molecular weight is 412 g/mol. The molecule has 5 rings (SSSR count). The molecule has 2 aromatic carbocycles. The Kier molecular flexibility index (Phi) is 5.16. The van der Waals surface area contributed by atoms with E-state index < -0.39 is 0 Å². The zero-order chi connectivity index (χ0) is 21.2. The average Bonchev–Trinajstić information content (AvgIpc) is 3.53. The first-order valence-corrected chi connectivity index (χ1v) is 10.8. The Morgan fingerprint density at radius 2 is 1.87 bits per heavy atom. The number of amides is 2. The van der Waals surface area contributed by atoms with Crippen LogP contribution in [0, 0.1) is 0 Å². The molecule has 2 aliphatic rings. The lowest BCUT2D eigenvalue weighted by molar-refractivity contribution is -0.125. The van der Waals surface area contributed by atoms with Gasteiger partial charge in [0, 0.05) is 53.4 Å². The molecule has 0 bridgehead atoms. The van der Waals surface area contributed by atoms with Crippen molar-refractivity contribution >= 4 is 34.4 Å². The van der Waals surface area contributed by atoms with Gasteiger partial charge in [-0.05, 0) is 54.7 Å². The molecule has 1 aliphatic carbocycles. The van der Waals surface area contributed by atoms with Crippen LogP contribution in [-0.4, -0.2) is 40.8 Å². The first-order chi connectivity index (χ1) is 15.2. The van der Waals surface area contributed by atoms with Crippen LogP contribution in [0.4, 0.5) is 0 Å². The zero-order valence-corrected chi connectivity index (χ0v) is 17.3. The SMILES string of the molecule is O=C(NC1CC1)c1ccc(/C=C/C(=O)N2CC=C(c3c[nH]c4ccccc34)CC2)cc1. The lowest BCUT2D eigenvalue weighted by atomic mass is 9.99. The Morgan fingerprint density at radius 3 is 2.61 bits per heavy atom. The molecule has 31 heavy (non-hydrogen) atoms. The molecule has 2 heterocycles. The van der Waals surface area contributed by atoms with Crippen LogP contribution in [0.3, 0.4) is 0 Å². The lowest BCUT2D eigenvalue weighted by Gasteiger charge is -2.25. The molecular weight excluding hydrogens is 386 g/mol. The third-order valence-electron chi connectivity index (χ3n) is 5.96. The van der Waals surface area contributed by atoms with Crippen LogP contribution in [0.15, 0.2) is 66.9 Å². The zero-order valence-electron chi connectivity index (χ0n) is 17.3. The molecule has 0 atom stereocenters. The van der Waals surface area contributed by atoms with Gasteiger partial charge in [-0.25, -0.2) is 0 Å². The molecule has 3 aromatic rings. The van der Waals surface area contributed by atoms with Crippen LogP contribution in [0.2, 0.25) is 0 Å². The number of aromatic nitrogens is 1. The Morgan fingerprint density at radius 1 is 1.06 bits per heavy atom. The summed E-state index contributed by atoms with van der Waals surface area (Å²) in [5.74, 6) is -0.0232. The standard InChI is InChI=1S/C26H25N3O2/c30-25(12-7-18-5-8-20(9-6-18)26(31)28-21-10-11-21)29-15-13-19(14-16-29)23-17-27-24-4-2-1-3-22(23)24/h1-9,12-13,17,21,27H,10-11,14-16H2,(H,28,31)/b12-7+. The monoisotopic (exact) mass is 411 g/mol. The van der Waals surface area contributed by atoms with Crippen molar-refractivity contribution in [2.75, 3.05) is 13.1 Å². The van der Waals surface area contributed by atoms with Crippen LogP contribution >= 0.6 is 0 Å². The first kappa shape index (κ1) is 19.4. The van der Waals surface area contributed by atoms with Crippen LogP contribution in [0.25, 0.3) is 22.6 Å². The van der Waals surface area contributed by atoms with Gasteiger partial charge in [-0.2, -0.15) is 0 Å². The molecular formula is C26H25N3O2. The third kappa shape index (κ3) is 4.31. The van der Waals surface area contributed by atoms with Crippen LogP contribution in [0.1, 0.15) is 40.7 Å². The second-order valence-electron chi connectivity index (χ2n) is 8.21. The van der Waals surface area contributed by atoms with Crippen molar-refractivity contribution < 1.29 is 9.59 Å². The highest BCUT2D eigenvalue weighted by molar-refractivity contribution is 5.96. The molecule has 0 spiro atoms. The van der Waals surface area contributed by atoms with Crippen LogP contribution in [0.5, 0.6) is 0 Å². The largest absolute Gasteiger partial charge is 0.361 e. The van der Waals surface area contributed by atoms with Gasteiger partial charge in [-0.1, -0.05) is 36.4 Å². The van der Waals surface area contributed by atoms with Crippen molar-refractivity contribution in [1.29, 1.82) is 0 Å². The number of rotatable bonds is 5. The maximum Gasteiger partial charge on any atom is 0.251 e. The van der Waals surface area contributed by atoms with E-state index in [1.54, 1.807) is 18.2 Å². The van der Waals surface area contributed by atoms with Gasteiger partial charge in [0.25, 0.3) is 5.91 Å². The number of hydrogen-bond acceptors (Lipinski definition) is 2. The summed E-state index contributed by atoms with van der Waals surface area (Å²) in [6.45, 7) is 1.31. The summed E-state index contributed by atoms with van der Waals surface area (Å²) in [5.41, 5.74) is 5.20. The van der Waals surface area contributed by atoms with Crippen molar-refractivity contribution in [3.05, 3.63) is 83.6 Å². The second kappa shape index (κ2) is 8.26. The molecule has 156 valence electrons. The van der Waals surface area contributed by atoms with E-state index in [0.29, 0.717) is 24.7 Å². The van der Waals surface area contributed by atoms with Crippen molar-refractivity contribution in [3.8, 4) is 0 Å². The van der Waals surface area contributed by atoms with Gasteiger partial charge >= 0.3 is 0 Å². The number of nitrogens with zero attached hydrogens (tertiary/aromatic N) is 1. The van der Waals surface area contributed by atoms with Crippen LogP contribution in [-0.2, 0) is 4.79 Å². The second-order valence-corrected chi connectivity index (χ2v) is 8.21. The molecule has 2 amide bonds. The topological polar surface area (TPSA) is 65.2 Å². The molecule has 0 radical (unpaired) electrons. The predicted molar refractivity (Wildman–Crippen MR) is 123 cm³/mol. The number of carbonyl (C=O) groups is 2. The quantitative estimate of drug-likeness (QED) is 0.612.